The largest absolute Gasteiger partial charge is 0.355 e. The van der Waals surface area contributed by atoms with Crippen LogP contribution in [0.15, 0.2) is 83.8 Å². The lowest BCUT2D eigenvalue weighted by molar-refractivity contribution is 0.101. The maximum Gasteiger partial charge on any atom is 0.277 e. The van der Waals surface area contributed by atoms with Crippen molar-refractivity contribution in [2.24, 2.45) is 0 Å². The Bertz CT molecular complexity index is 1360. The third kappa shape index (κ3) is 3.42. The lowest BCUT2D eigenvalue weighted by atomic mass is 10.1. The number of imidazole rings is 1. The van der Waals surface area contributed by atoms with Gasteiger partial charge in [-0.05, 0) is 36.4 Å². The predicted molar refractivity (Wildman–Crippen MR) is 114 cm³/mol. The summed E-state index contributed by atoms with van der Waals surface area (Å²) in [5, 5.41) is 7.19. The van der Waals surface area contributed by atoms with Crippen LogP contribution in [0, 0.1) is 0 Å². The topological polar surface area (TPSA) is 85.8 Å². The van der Waals surface area contributed by atoms with Crippen molar-refractivity contribution in [3.05, 3.63) is 90.0 Å². The van der Waals surface area contributed by atoms with Gasteiger partial charge in [0.25, 0.3) is 5.91 Å². The average molecular weight is 416 g/mol. The first-order chi connectivity index (χ1) is 14.7. The second-order valence-corrected chi connectivity index (χ2v) is 6.99. The first-order valence-electron chi connectivity index (χ1n) is 9.10. The maximum absolute atomic E-state index is 12.5. The minimum absolute atomic E-state index is 0.162. The summed E-state index contributed by atoms with van der Waals surface area (Å²) in [6, 6.07) is 20.1. The Morgan fingerprint density at radius 2 is 1.90 bits per heavy atom. The molecule has 0 spiro atoms. The van der Waals surface area contributed by atoms with Gasteiger partial charge in [0.05, 0.1) is 22.9 Å². The van der Waals surface area contributed by atoms with Gasteiger partial charge in [-0.1, -0.05) is 41.0 Å². The van der Waals surface area contributed by atoms with E-state index in [1.807, 2.05) is 41.0 Å². The number of nitrogens with one attached hydrogen (secondary N) is 1. The summed E-state index contributed by atoms with van der Waals surface area (Å²) >= 11 is 6.00. The summed E-state index contributed by atoms with van der Waals surface area (Å²) in [6.45, 7) is 0. The molecular formula is C22H14ClN5O2. The van der Waals surface area contributed by atoms with Crippen LogP contribution in [0.3, 0.4) is 0 Å². The smallest absolute Gasteiger partial charge is 0.277 e. The minimum Gasteiger partial charge on any atom is -0.355 e. The van der Waals surface area contributed by atoms with Crippen molar-refractivity contribution >= 4 is 34.2 Å². The highest BCUT2D eigenvalue weighted by Gasteiger charge is 2.14. The third-order valence-electron chi connectivity index (χ3n) is 4.56. The van der Waals surface area contributed by atoms with E-state index < -0.39 is 5.91 Å². The number of fused-ring (bicyclic) bond motifs is 1. The van der Waals surface area contributed by atoms with Crippen molar-refractivity contribution in [1.29, 1.82) is 0 Å². The van der Waals surface area contributed by atoms with Crippen molar-refractivity contribution in [1.82, 2.24) is 19.7 Å². The minimum atomic E-state index is -0.394. The summed E-state index contributed by atoms with van der Waals surface area (Å²) in [7, 11) is 0. The number of pyridine rings is 1. The molecule has 0 aliphatic heterocycles. The van der Waals surface area contributed by atoms with Gasteiger partial charge in [0.1, 0.15) is 12.1 Å². The van der Waals surface area contributed by atoms with E-state index in [1.165, 1.54) is 0 Å². The molecule has 0 fully saturated rings. The highest BCUT2D eigenvalue weighted by Crippen LogP contribution is 2.24. The number of halogens is 1. The molecule has 0 atom stereocenters. The summed E-state index contributed by atoms with van der Waals surface area (Å²) < 4.78 is 7.16. The van der Waals surface area contributed by atoms with Crippen molar-refractivity contribution in [2.75, 3.05) is 5.32 Å². The Balaban J connectivity index is 1.33. The van der Waals surface area contributed by atoms with Crippen LogP contribution in [0.5, 0.6) is 0 Å². The highest BCUT2D eigenvalue weighted by molar-refractivity contribution is 6.30. The van der Waals surface area contributed by atoms with Gasteiger partial charge < -0.3 is 9.84 Å². The van der Waals surface area contributed by atoms with Crippen molar-refractivity contribution in [3.8, 4) is 17.1 Å². The fourth-order valence-corrected chi connectivity index (χ4v) is 3.29. The average Bonchev–Trinajstić information content (AvgIpc) is 3.42. The Kier molecular flexibility index (Phi) is 4.49. The van der Waals surface area contributed by atoms with Crippen LogP contribution in [0.25, 0.3) is 28.2 Å². The molecule has 3 aromatic heterocycles. The second kappa shape index (κ2) is 7.46. The fraction of sp³-hybridized carbons (Fsp3) is 0. The standard InChI is InChI=1S/C22H14ClN5O2/c23-15-5-3-4-14(10-15)20-11-18(27-30-20)22(29)26-16-8-9-21(24-12-16)28-13-25-17-6-1-2-7-19(17)28/h1-13H,(H,26,29). The molecule has 30 heavy (non-hydrogen) atoms. The quantitative estimate of drug-likeness (QED) is 0.447. The first-order valence-corrected chi connectivity index (χ1v) is 9.48. The van der Waals surface area contributed by atoms with Gasteiger partial charge in [-0.2, -0.15) is 0 Å². The molecule has 8 heteroatoms. The molecule has 0 saturated heterocycles. The van der Waals surface area contributed by atoms with Gasteiger partial charge in [-0.15, -0.1) is 0 Å². The number of carbonyl (C=O) groups is 1. The SMILES string of the molecule is O=C(Nc1ccc(-n2cnc3ccccc32)nc1)c1cc(-c2cccc(Cl)c2)on1. The number of carbonyl (C=O) groups excluding carboxylic acids is 1. The molecule has 1 amide bonds. The van der Waals surface area contributed by atoms with Crippen LogP contribution < -0.4 is 5.32 Å². The molecule has 3 heterocycles. The van der Waals surface area contributed by atoms with Crippen LogP contribution in [0.2, 0.25) is 5.02 Å². The van der Waals surface area contributed by atoms with Crippen LogP contribution in [-0.2, 0) is 0 Å². The van der Waals surface area contributed by atoms with E-state index in [9.17, 15) is 4.79 Å². The van der Waals surface area contributed by atoms with E-state index in [1.54, 1.807) is 42.9 Å². The van der Waals surface area contributed by atoms with Crippen molar-refractivity contribution in [3.63, 3.8) is 0 Å². The Labute approximate surface area is 175 Å². The van der Waals surface area contributed by atoms with E-state index in [2.05, 4.69) is 20.4 Å². The van der Waals surface area contributed by atoms with Crippen LogP contribution in [0.1, 0.15) is 10.5 Å². The number of aromatic nitrogens is 4. The van der Waals surface area contributed by atoms with Crippen LogP contribution >= 0.6 is 11.6 Å². The van der Waals surface area contributed by atoms with E-state index in [4.69, 9.17) is 16.1 Å². The number of nitrogens with zero attached hydrogens (tertiary/aromatic N) is 4. The summed E-state index contributed by atoms with van der Waals surface area (Å²) in [5.41, 5.74) is 3.29. The zero-order chi connectivity index (χ0) is 20.5. The first kappa shape index (κ1) is 18.1. The van der Waals surface area contributed by atoms with Crippen LogP contribution in [0.4, 0.5) is 5.69 Å². The predicted octanol–water partition coefficient (Wildman–Crippen LogP) is 4.98. The Hall–Kier alpha value is -3.97. The monoisotopic (exact) mass is 415 g/mol. The van der Waals surface area contributed by atoms with Gasteiger partial charge in [-0.25, -0.2) is 9.97 Å². The molecule has 2 aromatic carbocycles. The fourth-order valence-electron chi connectivity index (χ4n) is 3.10. The summed E-state index contributed by atoms with van der Waals surface area (Å²) in [6.07, 6.45) is 3.30. The number of hydrogen-bond acceptors (Lipinski definition) is 5. The van der Waals surface area contributed by atoms with Crippen molar-refractivity contribution in [2.45, 2.75) is 0 Å². The zero-order valence-electron chi connectivity index (χ0n) is 15.5. The molecule has 146 valence electrons. The summed E-state index contributed by atoms with van der Waals surface area (Å²) in [5.74, 6) is 0.768. The molecular weight excluding hydrogens is 402 g/mol. The number of para-hydroxylation sites is 2. The number of anilines is 1. The van der Waals surface area contributed by atoms with Gasteiger partial charge in [0.15, 0.2) is 11.5 Å². The molecule has 5 aromatic rings. The van der Waals surface area contributed by atoms with Gasteiger partial charge in [0, 0.05) is 16.7 Å². The summed E-state index contributed by atoms with van der Waals surface area (Å²) in [4.78, 5) is 21.3. The number of amides is 1. The lowest BCUT2D eigenvalue weighted by Gasteiger charge is -2.06. The van der Waals surface area contributed by atoms with E-state index >= 15 is 0 Å². The van der Waals surface area contributed by atoms with E-state index in [0.29, 0.717) is 22.3 Å². The normalized spacial score (nSPS) is 11.0. The number of benzene rings is 2. The third-order valence-corrected chi connectivity index (χ3v) is 4.79. The maximum atomic E-state index is 12.5. The molecule has 7 nitrogen and oxygen atoms in total. The molecule has 0 unspecified atom stereocenters. The molecule has 0 bridgehead atoms. The van der Waals surface area contributed by atoms with Crippen LogP contribution in [-0.4, -0.2) is 25.6 Å². The molecule has 0 aliphatic rings. The molecule has 0 aliphatic carbocycles. The number of rotatable bonds is 4. The molecule has 0 radical (unpaired) electrons. The lowest BCUT2D eigenvalue weighted by Crippen LogP contribution is -2.12. The molecule has 5 rings (SSSR count). The van der Waals surface area contributed by atoms with E-state index in [0.717, 1.165) is 16.6 Å². The van der Waals surface area contributed by atoms with Gasteiger partial charge >= 0.3 is 0 Å². The second-order valence-electron chi connectivity index (χ2n) is 6.55. The van der Waals surface area contributed by atoms with Crippen molar-refractivity contribution < 1.29 is 9.32 Å². The highest BCUT2D eigenvalue weighted by atomic mass is 35.5. The van der Waals surface area contributed by atoms with E-state index in [-0.39, 0.29) is 5.69 Å². The van der Waals surface area contributed by atoms with Gasteiger partial charge in [-0.3, -0.25) is 9.36 Å². The molecule has 1 N–H and O–H groups in total. The number of hydrogen-bond donors (Lipinski definition) is 1. The Morgan fingerprint density at radius 3 is 2.73 bits per heavy atom. The van der Waals surface area contributed by atoms with Gasteiger partial charge in [0.2, 0.25) is 0 Å². The molecule has 0 saturated carbocycles. The Morgan fingerprint density at radius 1 is 1.00 bits per heavy atom. The zero-order valence-corrected chi connectivity index (χ0v) is 16.2.